The molecule has 0 aromatic carbocycles. The number of amides is 1. The summed E-state index contributed by atoms with van der Waals surface area (Å²) in [6, 6.07) is 3.47. The summed E-state index contributed by atoms with van der Waals surface area (Å²) in [6.07, 6.45) is 0.753. The van der Waals surface area contributed by atoms with Gasteiger partial charge in [0.15, 0.2) is 0 Å². The first-order valence-corrected chi connectivity index (χ1v) is 10.8. The van der Waals surface area contributed by atoms with Gasteiger partial charge in [-0.2, -0.15) is 23.4 Å². The lowest BCUT2D eigenvalue weighted by Gasteiger charge is -2.41. The number of anilines is 1. The number of H-pyrrole nitrogens is 1. The Morgan fingerprint density at radius 2 is 2.06 bits per heavy atom. The van der Waals surface area contributed by atoms with Crippen molar-refractivity contribution in [2.45, 2.75) is 45.5 Å². The Balaban J connectivity index is 1.21. The summed E-state index contributed by atoms with van der Waals surface area (Å²) in [4.78, 5) is 18.8. The zero-order valence-corrected chi connectivity index (χ0v) is 18.3. The second kappa shape index (κ2) is 7.89. The predicted octanol–water partition coefficient (Wildman–Crippen LogP) is 3.08. The van der Waals surface area contributed by atoms with Crippen LogP contribution in [0.5, 0.6) is 0 Å². The van der Waals surface area contributed by atoms with Crippen molar-refractivity contribution in [1.82, 2.24) is 30.3 Å². The quantitative estimate of drug-likeness (QED) is 0.612. The molecular weight excluding hydrogens is 435 g/mol. The van der Waals surface area contributed by atoms with Crippen LogP contribution in [0.15, 0.2) is 24.5 Å². The molecule has 1 atom stereocenters. The molecule has 1 fully saturated rings. The molecule has 4 heterocycles. The average Bonchev–Trinajstić information content (AvgIpc) is 3.41. The van der Waals surface area contributed by atoms with Gasteiger partial charge in [0, 0.05) is 30.7 Å². The second-order valence-electron chi connectivity index (χ2n) is 8.76. The Morgan fingerprint density at radius 3 is 2.79 bits per heavy atom. The molecule has 8 nitrogen and oxygen atoms in total. The van der Waals surface area contributed by atoms with Crippen LogP contribution in [0.4, 0.5) is 19.0 Å². The number of nitrogens with one attached hydrogen (secondary N) is 2. The molecule has 1 saturated heterocycles. The lowest BCUT2D eigenvalue weighted by Crippen LogP contribution is -2.53. The van der Waals surface area contributed by atoms with Crippen molar-refractivity contribution in [3.8, 4) is 0 Å². The minimum atomic E-state index is -4.16. The fourth-order valence-electron chi connectivity index (χ4n) is 4.42. The molecule has 1 amide bonds. The van der Waals surface area contributed by atoms with Gasteiger partial charge in [-0.3, -0.25) is 14.6 Å². The van der Waals surface area contributed by atoms with E-state index in [4.69, 9.17) is 0 Å². The normalized spacial score (nSPS) is 18.3. The molecule has 3 aromatic heterocycles. The number of rotatable bonds is 5. The van der Waals surface area contributed by atoms with Crippen LogP contribution >= 0.6 is 0 Å². The van der Waals surface area contributed by atoms with Crippen molar-refractivity contribution >= 4 is 11.7 Å². The van der Waals surface area contributed by atoms with E-state index in [-0.39, 0.29) is 25.0 Å². The van der Waals surface area contributed by atoms with Gasteiger partial charge >= 0.3 is 6.18 Å². The number of pyridine rings is 1. The molecule has 1 aliphatic heterocycles. The SMILES string of the molecule is Cc1nc(N2CC(C(F)(F)F)C2)ccc1Cn1cc(C(=O)N[C@@H]2CCc3c2n[nH]c3C)cn1. The van der Waals surface area contributed by atoms with Gasteiger partial charge in [0.05, 0.1) is 36.0 Å². The highest BCUT2D eigenvalue weighted by Gasteiger charge is 2.47. The van der Waals surface area contributed by atoms with E-state index in [1.54, 1.807) is 21.8 Å². The van der Waals surface area contributed by atoms with Gasteiger partial charge in [0.1, 0.15) is 5.82 Å². The van der Waals surface area contributed by atoms with Crippen molar-refractivity contribution in [3.63, 3.8) is 0 Å². The van der Waals surface area contributed by atoms with Crippen molar-refractivity contribution in [2.24, 2.45) is 5.92 Å². The van der Waals surface area contributed by atoms with E-state index in [1.807, 2.05) is 19.9 Å². The number of hydrogen-bond acceptors (Lipinski definition) is 5. The summed E-state index contributed by atoms with van der Waals surface area (Å²) < 4.78 is 39.8. The summed E-state index contributed by atoms with van der Waals surface area (Å²) in [7, 11) is 0. The van der Waals surface area contributed by atoms with E-state index >= 15 is 0 Å². The number of nitrogens with zero attached hydrogens (tertiary/aromatic N) is 5. The van der Waals surface area contributed by atoms with Gasteiger partial charge < -0.3 is 10.2 Å². The molecule has 0 unspecified atom stereocenters. The number of alkyl halides is 3. The predicted molar refractivity (Wildman–Crippen MR) is 114 cm³/mol. The first kappa shape index (κ1) is 21.5. The maximum absolute atomic E-state index is 12.7. The van der Waals surface area contributed by atoms with Crippen molar-refractivity contribution in [1.29, 1.82) is 0 Å². The highest BCUT2D eigenvalue weighted by Crippen LogP contribution is 2.35. The Hall–Kier alpha value is -3.37. The van der Waals surface area contributed by atoms with Gasteiger partial charge in [-0.25, -0.2) is 4.98 Å². The molecule has 2 N–H and O–H groups in total. The first-order chi connectivity index (χ1) is 15.7. The molecule has 11 heteroatoms. The fraction of sp³-hybridized carbons (Fsp3) is 0.455. The van der Waals surface area contributed by atoms with Gasteiger partial charge in [0.2, 0.25) is 0 Å². The molecule has 0 radical (unpaired) electrons. The highest BCUT2D eigenvalue weighted by atomic mass is 19.4. The standard InChI is InChI=1S/C22H24F3N7O/c1-12-14(3-6-19(27-12)31-10-16(11-31)22(23,24)25)8-32-9-15(7-26-32)21(33)28-18-5-4-17-13(2)29-30-20(17)18/h3,6-7,9,16,18H,4-5,8,10-11H2,1-2H3,(H,28,33)(H,29,30)/t18-/m1/s1. The summed E-state index contributed by atoms with van der Waals surface area (Å²) in [5.74, 6) is -0.954. The smallest absolute Gasteiger partial charge is 0.355 e. The maximum atomic E-state index is 12.7. The van der Waals surface area contributed by atoms with E-state index < -0.39 is 12.1 Å². The molecule has 174 valence electrons. The van der Waals surface area contributed by atoms with Crippen molar-refractivity contribution < 1.29 is 18.0 Å². The summed E-state index contributed by atoms with van der Waals surface area (Å²) in [5, 5.41) is 14.6. The maximum Gasteiger partial charge on any atom is 0.395 e. The first-order valence-electron chi connectivity index (χ1n) is 10.8. The summed E-state index contributed by atoms with van der Waals surface area (Å²) >= 11 is 0. The molecular formula is C22H24F3N7O. The number of fused-ring (bicyclic) bond motifs is 1. The van der Waals surface area contributed by atoms with Crippen LogP contribution in [0.3, 0.4) is 0 Å². The van der Waals surface area contributed by atoms with Gasteiger partial charge in [-0.15, -0.1) is 0 Å². The summed E-state index contributed by atoms with van der Waals surface area (Å²) in [6.45, 7) is 4.08. The van der Waals surface area contributed by atoms with Crippen LogP contribution in [0.1, 0.15) is 51.0 Å². The van der Waals surface area contributed by atoms with Crippen LogP contribution in [0, 0.1) is 19.8 Å². The third-order valence-electron chi connectivity index (χ3n) is 6.50. The molecule has 0 spiro atoms. The topological polar surface area (TPSA) is 91.7 Å². The van der Waals surface area contributed by atoms with E-state index in [9.17, 15) is 18.0 Å². The average molecular weight is 459 g/mol. The lowest BCUT2D eigenvalue weighted by atomic mass is 9.99. The zero-order chi connectivity index (χ0) is 23.3. The largest absolute Gasteiger partial charge is 0.395 e. The number of aromatic nitrogens is 5. The van der Waals surface area contributed by atoms with E-state index in [0.29, 0.717) is 17.9 Å². The Kier molecular flexibility index (Phi) is 5.13. The number of carbonyl (C=O) groups excluding carboxylic acids is 1. The molecule has 0 bridgehead atoms. The minimum Gasteiger partial charge on any atom is -0.355 e. The van der Waals surface area contributed by atoms with Gasteiger partial charge in [-0.1, -0.05) is 6.07 Å². The summed E-state index contributed by atoms with van der Waals surface area (Å²) in [5.41, 5.74) is 5.18. The lowest BCUT2D eigenvalue weighted by molar-refractivity contribution is -0.180. The number of carbonyl (C=O) groups is 1. The molecule has 1 aliphatic carbocycles. The fourth-order valence-corrected chi connectivity index (χ4v) is 4.42. The monoisotopic (exact) mass is 459 g/mol. The molecule has 33 heavy (non-hydrogen) atoms. The molecule has 0 saturated carbocycles. The third kappa shape index (κ3) is 4.07. The minimum absolute atomic E-state index is 0.0623. The van der Waals surface area contributed by atoms with Crippen LogP contribution < -0.4 is 10.2 Å². The number of halogens is 3. The number of aryl methyl sites for hydroxylation is 2. The Morgan fingerprint density at radius 1 is 1.27 bits per heavy atom. The van der Waals surface area contributed by atoms with E-state index in [1.165, 1.54) is 11.8 Å². The van der Waals surface area contributed by atoms with Crippen molar-refractivity contribution in [2.75, 3.05) is 18.0 Å². The molecule has 2 aliphatic rings. The third-order valence-corrected chi connectivity index (χ3v) is 6.50. The molecule has 5 rings (SSSR count). The van der Waals surface area contributed by atoms with Crippen LogP contribution in [0.25, 0.3) is 0 Å². The van der Waals surface area contributed by atoms with E-state index in [2.05, 4.69) is 25.6 Å². The highest BCUT2D eigenvalue weighted by molar-refractivity contribution is 5.94. The Bertz CT molecular complexity index is 1190. The second-order valence-corrected chi connectivity index (χ2v) is 8.76. The van der Waals surface area contributed by atoms with Gasteiger partial charge in [-0.05, 0) is 43.9 Å². The zero-order valence-electron chi connectivity index (χ0n) is 18.3. The van der Waals surface area contributed by atoms with Crippen LogP contribution in [0.2, 0.25) is 0 Å². The van der Waals surface area contributed by atoms with Crippen LogP contribution in [-0.4, -0.2) is 50.1 Å². The number of hydrogen-bond donors (Lipinski definition) is 2. The van der Waals surface area contributed by atoms with Crippen molar-refractivity contribution in [3.05, 3.63) is 58.3 Å². The van der Waals surface area contributed by atoms with Gasteiger partial charge in [0.25, 0.3) is 5.91 Å². The van der Waals surface area contributed by atoms with E-state index in [0.717, 1.165) is 35.5 Å². The number of aromatic amines is 1. The van der Waals surface area contributed by atoms with Crippen LogP contribution in [-0.2, 0) is 13.0 Å². The Labute approximate surface area is 188 Å². The molecule has 3 aromatic rings.